The molecule has 1 fully saturated rings. The highest BCUT2D eigenvalue weighted by Crippen LogP contribution is 2.34. The van der Waals surface area contributed by atoms with E-state index in [1.54, 1.807) is 6.20 Å². The van der Waals surface area contributed by atoms with Crippen LogP contribution in [0.15, 0.2) is 11.0 Å². The van der Waals surface area contributed by atoms with Crippen molar-refractivity contribution < 1.29 is 0 Å². The minimum absolute atomic E-state index is 0.207. The molecule has 0 radical (unpaired) electrons. The number of nitrogens with zero attached hydrogens (tertiary/aromatic N) is 2. The molecule has 4 nitrogen and oxygen atoms in total. The predicted octanol–water partition coefficient (Wildman–Crippen LogP) is 2.52. The van der Waals surface area contributed by atoms with Crippen LogP contribution in [0.4, 0.5) is 5.69 Å². The fourth-order valence-corrected chi connectivity index (χ4v) is 2.10. The largest absolute Gasteiger partial charge is 0.380 e. The van der Waals surface area contributed by atoms with Crippen molar-refractivity contribution in [2.75, 3.05) is 5.32 Å². The Balaban J connectivity index is 2.17. The van der Waals surface area contributed by atoms with Crippen molar-refractivity contribution >= 4 is 17.3 Å². The van der Waals surface area contributed by atoms with Gasteiger partial charge in [0.1, 0.15) is 5.02 Å². The molecule has 1 aromatic rings. The number of aromatic nitrogens is 2. The van der Waals surface area contributed by atoms with Gasteiger partial charge in [0.2, 0.25) is 0 Å². The Bertz CT molecular complexity index is 454. The second-order valence-corrected chi connectivity index (χ2v) is 5.05. The van der Waals surface area contributed by atoms with Gasteiger partial charge in [-0.15, -0.1) is 0 Å². The van der Waals surface area contributed by atoms with Gasteiger partial charge in [0.25, 0.3) is 5.56 Å². The Hall–Kier alpha value is -1.03. The Labute approximate surface area is 106 Å². The van der Waals surface area contributed by atoms with E-state index in [-0.39, 0.29) is 10.6 Å². The molecule has 0 amide bonds. The van der Waals surface area contributed by atoms with E-state index in [0.29, 0.717) is 24.2 Å². The van der Waals surface area contributed by atoms with Gasteiger partial charge in [-0.1, -0.05) is 18.5 Å². The lowest BCUT2D eigenvalue weighted by Gasteiger charge is -2.15. The molecule has 1 heterocycles. The first-order chi connectivity index (χ1) is 8.13. The summed E-state index contributed by atoms with van der Waals surface area (Å²) in [6.07, 6.45) is 5.03. The van der Waals surface area contributed by atoms with Crippen LogP contribution in [0.5, 0.6) is 0 Å². The molecule has 0 spiro atoms. The van der Waals surface area contributed by atoms with Crippen LogP contribution in [0.3, 0.4) is 0 Å². The van der Waals surface area contributed by atoms with Crippen LogP contribution in [-0.2, 0) is 6.54 Å². The van der Waals surface area contributed by atoms with Crippen molar-refractivity contribution in [1.29, 1.82) is 0 Å². The zero-order valence-corrected chi connectivity index (χ0v) is 11.0. The van der Waals surface area contributed by atoms with E-state index >= 15 is 0 Å². The first-order valence-electron chi connectivity index (χ1n) is 6.15. The number of rotatable bonds is 5. The number of hydrogen-bond donors (Lipinski definition) is 1. The first-order valence-corrected chi connectivity index (χ1v) is 6.53. The Morgan fingerprint density at radius 2 is 2.35 bits per heavy atom. The third-order valence-corrected chi connectivity index (χ3v) is 3.50. The molecular weight excluding hydrogens is 238 g/mol. The lowest BCUT2D eigenvalue weighted by atomic mass is 10.2. The van der Waals surface area contributed by atoms with Crippen molar-refractivity contribution in [1.82, 2.24) is 9.78 Å². The Morgan fingerprint density at radius 1 is 1.65 bits per heavy atom. The van der Waals surface area contributed by atoms with Crippen LogP contribution >= 0.6 is 11.6 Å². The molecule has 1 atom stereocenters. The lowest BCUT2D eigenvalue weighted by Crippen LogP contribution is -2.26. The van der Waals surface area contributed by atoms with E-state index in [9.17, 15) is 4.79 Å². The molecule has 0 saturated heterocycles. The lowest BCUT2D eigenvalue weighted by molar-refractivity contribution is 0.567. The van der Waals surface area contributed by atoms with Crippen LogP contribution in [-0.4, -0.2) is 15.8 Å². The fourth-order valence-electron chi connectivity index (χ4n) is 1.90. The smallest absolute Gasteiger partial charge is 0.287 e. The summed E-state index contributed by atoms with van der Waals surface area (Å²) in [5, 5.41) is 7.64. The second kappa shape index (κ2) is 5.08. The standard InChI is InChI=1S/C12H18ClN3O/c1-3-6-16-12(17)11(13)10(7-14-16)15-8(2)9-4-5-9/h7-9,15H,3-6H2,1-2H3. The Morgan fingerprint density at radius 3 is 2.94 bits per heavy atom. The van der Waals surface area contributed by atoms with Crippen LogP contribution in [0.25, 0.3) is 0 Å². The highest BCUT2D eigenvalue weighted by molar-refractivity contribution is 6.32. The van der Waals surface area contributed by atoms with Crippen LogP contribution in [0.2, 0.25) is 5.02 Å². The molecule has 5 heteroatoms. The maximum absolute atomic E-state index is 11.9. The molecule has 0 aliphatic heterocycles. The SMILES string of the molecule is CCCn1ncc(NC(C)C2CC2)c(Cl)c1=O. The summed E-state index contributed by atoms with van der Waals surface area (Å²) < 4.78 is 1.41. The third-order valence-electron chi connectivity index (χ3n) is 3.13. The molecule has 1 aliphatic carbocycles. The van der Waals surface area contributed by atoms with Gasteiger partial charge in [-0.3, -0.25) is 4.79 Å². The van der Waals surface area contributed by atoms with Gasteiger partial charge in [-0.25, -0.2) is 4.68 Å². The quantitative estimate of drug-likeness (QED) is 0.880. The van der Waals surface area contributed by atoms with Gasteiger partial charge in [0.05, 0.1) is 11.9 Å². The molecule has 94 valence electrons. The Kier molecular flexibility index (Phi) is 3.72. The van der Waals surface area contributed by atoms with E-state index in [1.165, 1.54) is 17.5 Å². The van der Waals surface area contributed by atoms with E-state index in [4.69, 9.17) is 11.6 Å². The van der Waals surface area contributed by atoms with Gasteiger partial charge in [0, 0.05) is 12.6 Å². The molecule has 1 N–H and O–H groups in total. The van der Waals surface area contributed by atoms with E-state index < -0.39 is 0 Å². The highest BCUT2D eigenvalue weighted by Gasteiger charge is 2.28. The summed E-state index contributed by atoms with van der Waals surface area (Å²) in [7, 11) is 0. The zero-order valence-electron chi connectivity index (χ0n) is 10.2. The average Bonchev–Trinajstić information content (AvgIpc) is 3.12. The summed E-state index contributed by atoms with van der Waals surface area (Å²) in [5.41, 5.74) is 0.449. The molecule has 17 heavy (non-hydrogen) atoms. The van der Waals surface area contributed by atoms with Crippen molar-refractivity contribution in [3.63, 3.8) is 0 Å². The summed E-state index contributed by atoms with van der Waals surface area (Å²) in [6, 6.07) is 0.357. The number of hydrogen-bond acceptors (Lipinski definition) is 3. The monoisotopic (exact) mass is 255 g/mol. The van der Waals surface area contributed by atoms with Crippen molar-refractivity contribution in [3.05, 3.63) is 21.6 Å². The molecule has 1 aliphatic rings. The van der Waals surface area contributed by atoms with Crippen LogP contribution < -0.4 is 10.9 Å². The summed E-state index contributed by atoms with van der Waals surface area (Å²) in [5.74, 6) is 0.712. The van der Waals surface area contributed by atoms with Gasteiger partial charge in [0.15, 0.2) is 0 Å². The fraction of sp³-hybridized carbons (Fsp3) is 0.667. The molecule has 1 unspecified atom stereocenters. The van der Waals surface area contributed by atoms with Gasteiger partial charge in [-0.2, -0.15) is 5.10 Å². The topological polar surface area (TPSA) is 46.9 Å². The number of nitrogens with one attached hydrogen (secondary N) is 1. The second-order valence-electron chi connectivity index (χ2n) is 4.67. The van der Waals surface area contributed by atoms with Crippen LogP contribution in [0.1, 0.15) is 33.1 Å². The van der Waals surface area contributed by atoms with Gasteiger partial charge in [-0.05, 0) is 32.1 Å². The number of halogens is 1. The molecule has 2 rings (SSSR count). The number of anilines is 1. The van der Waals surface area contributed by atoms with Crippen molar-refractivity contribution in [3.8, 4) is 0 Å². The molecule has 0 aromatic carbocycles. The maximum atomic E-state index is 11.9. The van der Waals surface area contributed by atoms with E-state index in [1.807, 2.05) is 6.92 Å². The van der Waals surface area contributed by atoms with E-state index in [2.05, 4.69) is 17.3 Å². The van der Waals surface area contributed by atoms with Crippen molar-refractivity contribution in [2.45, 2.75) is 45.7 Å². The molecular formula is C12H18ClN3O. The molecule has 1 aromatic heterocycles. The highest BCUT2D eigenvalue weighted by atomic mass is 35.5. The summed E-state index contributed by atoms with van der Waals surface area (Å²) in [4.78, 5) is 11.9. The van der Waals surface area contributed by atoms with Crippen molar-refractivity contribution in [2.24, 2.45) is 5.92 Å². The van der Waals surface area contributed by atoms with Gasteiger partial charge < -0.3 is 5.32 Å². The minimum Gasteiger partial charge on any atom is -0.380 e. The molecule has 0 bridgehead atoms. The summed E-state index contributed by atoms with van der Waals surface area (Å²) >= 11 is 6.07. The normalized spacial score (nSPS) is 16.9. The van der Waals surface area contributed by atoms with Gasteiger partial charge >= 0.3 is 0 Å². The molecule has 1 saturated carbocycles. The predicted molar refractivity (Wildman–Crippen MR) is 69.6 cm³/mol. The van der Waals surface area contributed by atoms with Crippen LogP contribution in [0, 0.1) is 5.92 Å². The maximum Gasteiger partial charge on any atom is 0.287 e. The third kappa shape index (κ3) is 2.80. The van der Waals surface area contributed by atoms with E-state index in [0.717, 1.165) is 6.42 Å². The zero-order chi connectivity index (χ0) is 12.4. The minimum atomic E-state index is -0.207. The first kappa shape index (κ1) is 12.4. The average molecular weight is 256 g/mol. The number of aryl methyl sites for hydroxylation is 1. The summed E-state index contributed by atoms with van der Waals surface area (Å²) in [6.45, 7) is 4.73.